The fourth-order valence-electron chi connectivity index (χ4n) is 0. The van der Waals surface area contributed by atoms with Gasteiger partial charge in [-0.2, -0.15) is 0 Å². The van der Waals surface area contributed by atoms with Gasteiger partial charge in [-0.3, -0.25) is 0 Å². The van der Waals surface area contributed by atoms with Gasteiger partial charge in [-0.15, -0.1) is 0 Å². The van der Waals surface area contributed by atoms with Crippen LogP contribution in [-0.4, -0.2) is 43.2 Å². The summed E-state index contributed by atoms with van der Waals surface area (Å²) in [5.41, 5.74) is 0. The van der Waals surface area contributed by atoms with E-state index in [1.165, 1.54) is 0 Å². The fourth-order valence-corrected chi connectivity index (χ4v) is 0. The topological polar surface area (TPSA) is 94.7 Å². The zero-order valence-corrected chi connectivity index (χ0v) is 6.70. The van der Waals surface area contributed by atoms with Crippen molar-refractivity contribution < 1.29 is 34.8 Å². The molecule has 0 aromatic heterocycles. The molecule has 0 aliphatic heterocycles. The van der Waals surface area contributed by atoms with Crippen LogP contribution in [0.5, 0.6) is 0 Å². The molecule has 0 spiro atoms. The van der Waals surface area contributed by atoms with E-state index in [0.29, 0.717) is 0 Å². The van der Waals surface area contributed by atoms with E-state index in [1.54, 1.807) is 0 Å². The molecule has 0 aliphatic rings. The Morgan fingerprint density at radius 3 is 1.33 bits per heavy atom. The summed E-state index contributed by atoms with van der Waals surface area (Å²) in [7, 11) is 0. The second-order valence-electron chi connectivity index (χ2n) is 0.250. The third-order valence-electron chi connectivity index (χ3n) is 0. The molecular formula is H2CaO4Ti. The normalized spacial score (nSPS) is 4.33. The number of hydrogen-bond donors (Lipinski definition) is 0. The van der Waals surface area contributed by atoms with Crippen LogP contribution in [0.15, 0.2) is 0 Å². The van der Waals surface area contributed by atoms with Crippen LogP contribution in [0, 0.1) is 0 Å². The van der Waals surface area contributed by atoms with E-state index in [0.717, 1.165) is 0 Å². The first kappa shape index (κ1) is 15.6. The van der Waals surface area contributed by atoms with Crippen LogP contribution < -0.4 is 7.38 Å². The van der Waals surface area contributed by atoms with Crippen LogP contribution in [0.2, 0.25) is 0 Å². The van der Waals surface area contributed by atoms with Gasteiger partial charge in [0.1, 0.15) is 0 Å². The summed E-state index contributed by atoms with van der Waals surface area (Å²) in [6.45, 7) is 0. The monoisotopic (exact) mass is 154 g/mol. The van der Waals surface area contributed by atoms with Crippen molar-refractivity contribution in [1.29, 1.82) is 0 Å². The molecule has 0 rings (SSSR count). The Kier molecular flexibility index (Phi) is 25.6. The Labute approximate surface area is 71.6 Å². The minimum atomic E-state index is -4.08. The van der Waals surface area contributed by atoms with Gasteiger partial charge in [0.05, 0.1) is 0 Å². The summed E-state index contributed by atoms with van der Waals surface area (Å²) < 4.78 is 25.8. The molecular weight excluding hydrogens is 152 g/mol. The van der Waals surface area contributed by atoms with Crippen molar-refractivity contribution >= 4 is 37.7 Å². The molecule has 6 heavy (non-hydrogen) atoms. The molecule has 0 fully saturated rings. The van der Waals surface area contributed by atoms with Gasteiger partial charge in [-0.05, 0) is 0 Å². The molecule has 4 nitrogen and oxygen atoms in total. The van der Waals surface area contributed by atoms with Crippen molar-refractivity contribution in [2.45, 2.75) is 0 Å². The molecule has 0 heterocycles. The van der Waals surface area contributed by atoms with E-state index >= 15 is 0 Å². The Morgan fingerprint density at radius 2 is 1.33 bits per heavy atom. The van der Waals surface area contributed by atoms with Crippen molar-refractivity contribution in [2.75, 3.05) is 0 Å². The van der Waals surface area contributed by atoms with Crippen LogP contribution in [0.4, 0.5) is 0 Å². The van der Waals surface area contributed by atoms with Crippen LogP contribution in [0.3, 0.4) is 0 Å². The first-order valence-corrected chi connectivity index (χ1v) is 2.52. The van der Waals surface area contributed by atoms with Crippen LogP contribution in [0.1, 0.15) is 0 Å². The van der Waals surface area contributed by atoms with Gasteiger partial charge >= 0.3 is 67.1 Å². The van der Waals surface area contributed by atoms with E-state index in [4.69, 9.17) is 10.7 Å². The predicted octanol–water partition coefficient (Wildman–Crippen LogP) is -3.70. The molecule has 0 atom stereocenters. The SMILES string of the molecule is O.[Ca+2].[O]=[Ti]([O-])[O-]. The Hall–Kier alpha value is 1.65. The Morgan fingerprint density at radius 1 is 1.33 bits per heavy atom. The van der Waals surface area contributed by atoms with Crippen molar-refractivity contribution in [3.63, 3.8) is 0 Å². The third kappa shape index (κ3) is 44.8. The van der Waals surface area contributed by atoms with Gasteiger partial charge in [0.25, 0.3) is 0 Å². The van der Waals surface area contributed by atoms with Gasteiger partial charge in [-0.25, -0.2) is 0 Å². The van der Waals surface area contributed by atoms with E-state index in [9.17, 15) is 0 Å². The van der Waals surface area contributed by atoms with Gasteiger partial charge in [0, 0.05) is 0 Å². The summed E-state index contributed by atoms with van der Waals surface area (Å²) in [4.78, 5) is 0. The van der Waals surface area contributed by atoms with Gasteiger partial charge in [0.15, 0.2) is 0 Å². The number of rotatable bonds is 0. The molecule has 0 aromatic carbocycles. The predicted molar refractivity (Wildman–Crippen MR) is 10.1 cm³/mol. The van der Waals surface area contributed by atoms with Gasteiger partial charge in [0.2, 0.25) is 0 Å². The maximum atomic E-state index is 8.58. The van der Waals surface area contributed by atoms with E-state index in [1.807, 2.05) is 0 Å². The van der Waals surface area contributed by atoms with Gasteiger partial charge < -0.3 is 5.48 Å². The fraction of sp³-hybridized carbons (Fsp3) is 0. The van der Waals surface area contributed by atoms with E-state index in [-0.39, 0.29) is 43.2 Å². The molecule has 0 unspecified atom stereocenters. The summed E-state index contributed by atoms with van der Waals surface area (Å²) in [5.74, 6) is 0. The Bertz CT molecular complexity index is 30.5. The zero-order valence-electron chi connectivity index (χ0n) is 2.93. The molecule has 0 aromatic rings. The van der Waals surface area contributed by atoms with Crippen molar-refractivity contribution in [3.05, 3.63) is 0 Å². The molecule has 0 saturated heterocycles. The average Bonchev–Trinajstić information content (AvgIpc) is 0.811. The first-order chi connectivity index (χ1) is 1.73. The minimum absolute atomic E-state index is 0. The molecule has 0 radical (unpaired) electrons. The van der Waals surface area contributed by atoms with Crippen molar-refractivity contribution in [1.82, 2.24) is 0 Å². The zero-order chi connectivity index (χ0) is 3.58. The Balaban J connectivity index is -0.0000000450. The quantitative estimate of drug-likeness (QED) is 0.336. The number of hydrogen-bond acceptors (Lipinski definition) is 3. The second kappa shape index (κ2) is 9.82. The summed E-state index contributed by atoms with van der Waals surface area (Å²) in [6.07, 6.45) is 0. The molecule has 0 aliphatic carbocycles. The van der Waals surface area contributed by atoms with Crippen LogP contribution >= 0.6 is 0 Å². The molecule has 0 saturated carbocycles. The summed E-state index contributed by atoms with van der Waals surface area (Å²) >= 11 is -4.08. The molecule has 0 amide bonds. The molecule has 2 N–H and O–H groups in total. The first-order valence-electron chi connectivity index (χ1n) is 0.612. The van der Waals surface area contributed by atoms with E-state index < -0.39 is 18.6 Å². The molecule has 32 valence electrons. The summed E-state index contributed by atoms with van der Waals surface area (Å²) in [5, 5.41) is 0. The standard InChI is InChI=1S/Ca.H2O.3O.Ti/h;1H2;;;;/q+2;;;2*-1;. The summed E-state index contributed by atoms with van der Waals surface area (Å²) in [6, 6.07) is 0. The van der Waals surface area contributed by atoms with Crippen molar-refractivity contribution in [2.24, 2.45) is 0 Å². The van der Waals surface area contributed by atoms with Crippen molar-refractivity contribution in [3.8, 4) is 0 Å². The maximum absolute atomic E-state index is 8.58. The van der Waals surface area contributed by atoms with Gasteiger partial charge in [-0.1, -0.05) is 0 Å². The van der Waals surface area contributed by atoms with E-state index in [2.05, 4.69) is 0 Å². The second-order valence-corrected chi connectivity index (χ2v) is 1.03. The molecule has 6 heteroatoms. The van der Waals surface area contributed by atoms with Crippen LogP contribution in [-0.2, 0) is 21.9 Å². The third-order valence-corrected chi connectivity index (χ3v) is 0. The molecule has 0 bridgehead atoms. The van der Waals surface area contributed by atoms with Crippen LogP contribution in [0.25, 0.3) is 0 Å². The average molecular weight is 154 g/mol.